The van der Waals surface area contributed by atoms with E-state index < -0.39 is 5.54 Å². The van der Waals surface area contributed by atoms with Gasteiger partial charge < -0.3 is 11.1 Å². The van der Waals surface area contributed by atoms with Crippen molar-refractivity contribution in [2.45, 2.75) is 26.3 Å². The Labute approximate surface area is 90.7 Å². The molecule has 82 valence electrons. The van der Waals surface area contributed by atoms with Crippen LogP contribution in [0.25, 0.3) is 0 Å². The van der Waals surface area contributed by atoms with Crippen molar-refractivity contribution in [3.05, 3.63) is 35.4 Å². The van der Waals surface area contributed by atoms with Crippen LogP contribution >= 0.6 is 0 Å². The van der Waals surface area contributed by atoms with Gasteiger partial charge in [-0.15, -0.1) is 0 Å². The molecule has 0 aliphatic carbocycles. The Hall–Kier alpha value is -1.35. The summed E-state index contributed by atoms with van der Waals surface area (Å²) in [5, 5.41) is 3.13. The maximum atomic E-state index is 11.5. The first kappa shape index (κ1) is 11.7. The summed E-state index contributed by atoms with van der Waals surface area (Å²) in [6.45, 7) is 6.47. The average Bonchev–Trinajstić information content (AvgIpc) is 2.17. The molecule has 3 heteroatoms. The summed E-state index contributed by atoms with van der Waals surface area (Å²) < 4.78 is 0. The number of benzene rings is 1. The summed E-state index contributed by atoms with van der Waals surface area (Å²) in [5.41, 5.74) is 6.70. The van der Waals surface area contributed by atoms with Crippen LogP contribution in [0.2, 0.25) is 0 Å². The molecule has 0 bridgehead atoms. The number of nitrogens with one attached hydrogen (secondary N) is 1. The molecule has 0 saturated heterocycles. The number of hydrogen-bond donors (Lipinski definition) is 2. The molecule has 1 aromatic rings. The standard InChI is InChI=1S/C12H18N2O/c1-4-14-12(3,11(13)15)10-7-5-6-9(2)8-10/h5-8,14H,4H2,1-3H3,(H2,13,15). The van der Waals surface area contributed by atoms with Gasteiger partial charge in [0.05, 0.1) is 0 Å². The number of carbonyl (C=O) groups excluding carboxylic acids is 1. The second-order valence-corrected chi connectivity index (χ2v) is 3.89. The first-order chi connectivity index (χ1) is 7.00. The first-order valence-corrected chi connectivity index (χ1v) is 5.12. The number of rotatable bonds is 4. The van der Waals surface area contributed by atoms with Gasteiger partial charge in [-0.3, -0.25) is 4.79 Å². The van der Waals surface area contributed by atoms with Crippen molar-refractivity contribution in [3.8, 4) is 0 Å². The summed E-state index contributed by atoms with van der Waals surface area (Å²) in [6.07, 6.45) is 0. The fourth-order valence-electron chi connectivity index (χ4n) is 1.64. The predicted molar refractivity (Wildman–Crippen MR) is 61.4 cm³/mol. The molecule has 0 aliphatic heterocycles. The van der Waals surface area contributed by atoms with E-state index in [1.807, 2.05) is 45.0 Å². The minimum absolute atomic E-state index is 0.352. The molecule has 0 heterocycles. The highest BCUT2D eigenvalue weighted by Crippen LogP contribution is 2.21. The molecule has 0 saturated carbocycles. The molecular formula is C12H18N2O. The minimum Gasteiger partial charge on any atom is -0.368 e. The summed E-state index contributed by atoms with van der Waals surface area (Å²) >= 11 is 0. The molecule has 0 spiro atoms. The third-order valence-corrected chi connectivity index (χ3v) is 2.62. The van der Waals surface area contributed by atoms with Gasteiger partial charge in [0.25, 0.3) is 0 Å². The molecule has 0 aromatic heterocycles. The SMILES string of the molecule is CCNC(C)(C(N)=O)c1cccc(C)c1. The summed E-state index contributed by atoms with van der Waals surface area (Å²) in [7, 11) is 0. The van der Waals surface area contributed by atoms with Crippen LogP contribution in [0.5, 0.6) is 0 Å². The molecule has 1 amide bonds. The molecule has 0 fully saturated rings. The van der Waals surface area contributed by atoms with Crippen molar-refractivity contribution in [1.29, 1.82) is 0 Å². The van der Waals surface area contributed by atoms with Crippen molar-refractivity contribution in [1.82, 2.24) is 5.32 Å². The van der Waals surface area contributed by atoms with Crippen molar-refractivity contribution in [3.63, 3.8) is 0 Å². The predicted octanol–water partition coefficient (Wildman–Crippen LogP) is 1.31. The second kappa shape index (κ2) is 4.45. The van der Waals surface area contributed by atoms with Crippen molar-refractivity contribution >= 4 is 5.91 Å². The highest BCUT2D eigenvalue weighted by molar-refractivity contribution is 5.85. The van der Waals surface area contributed by atoms with Crippen molar-refractivity contribution in [2.24, 2.45) is 5.73 Å². The molecule has 0 aliphatic rings. The van der Waals surface area contributed by atoms with E-state index in [4.69, 9.17) is 5.73 Å². The number of carbonyl (C=O) groups is 1. The fourth-order valence-corrected chi connectivity index (χ4v) is 1.64. The van der Waals surface area contributed by atoms with E-state index >= 15 is 0 Å². The van der Waals surface area contributed by atoms with Gasteiger partial charge in [-0.05, 0) is 26.0 Å². The maximum Gasteiger partial charge on any atom is 0.242 e. The largest absolute Gasteiger partial charge is 0.368 e. The molecule has 15 heavy (non-hydrogen) atoms. The highest BCUT2D eigenvalue weighted by Gasteiger charge is 2.31. The molecule has 3 N–H and O–H groups in total. The highest BCUT2D eigenvalue weighted by atomic mass is 16.1. The van der Waals surface area contributed by atoms with Gasteiger partial charge in [0.15, 0.2) is 0 Å². The molecule has 1 unspecified atom stereocenters. The van der Waals surface area contributed by atoms with E-state index in [1.54, 1.807) is 0 Å². The Kier molecular flexibility index (Phi) is 3.48. The number of primary amides is 1. The number of hydrogen-bond acceptors (Lipinski definition) is 2. The number of nitrogens with two attached hydrogens (primary N) is 1. The van der Waals surface area contributed by atoms with Crippen LogP contribution in [0.4, 0.5) is 0 Å². The van der Waals surface area contributed by atoms with Crippen LogP contribution in [0.1, 0.15) is 25.0 Å². The Morgan fingerprint density at radius 2 is 2.20 bits per heavy atom. The zero-order chi connectivity index (χ0) is 11.5. The first-order valence-electron chi connectivity index (χ1n) is 5.12. The third kappa shape index (κ3) is 2.36. The molecule has 1 atom stereocenters. The van der Waals surface area contributed by atoms with E-state index in [-0.39, 0.29) is 5.91 Å². The van der Waals surface area contributed by atoms with Gasteiger partial charge in [-0.1, -0.05) is 36.8 Å². The van der Waals surface area contributed by atoms with E-state index in [0.717, 1.165) is 11.1 Å². The van der Waals surface area contributed by atoms with E-state index in [1.165, 1.54) is 0 Å². The minimum atomic E-state index is -0.777. The third-order valence-electron chi connectivity index (χ3n) is 2.62. The topological polar surface area (TPSA) is 55.1 Å². The van der Waals surface area contributed by atoms with Crippen LogP contribution < -0.4 is 11.1 Å². The van der Waals surface area contributed by atoms with Gasteiger partial charge in [0, 0.05) is 0 Å². The lowest BCUT2D eigenvalue weighted by molar-refractivity contribution is -0.124. The van der Waals surface area contributed by atoms with E-state index in [9.17, 15) is 4.79 Å². The molecule has 1 rings (SSSR count). The monoisotopic (exact) mass is 206 g/mol. The summed E-state index contributed by atoms with van der Waals surface area (Å²) in [4.78, 5) is 11.5. The number of likely N-dealkylation sites (N-methyl/N-ethyl adjacent to an activating group) is 1. The van der Waals surface area contributed by atoms with Gasteiger partial charge in [-0.25, -0.2) is 0 Å². The van der Waals surface area contributed by atoms with Crippen LogP contribution in [0.15, 0.2) is 24.3 Å². The quantitative estimate of drug-likeness (QED) is 0.780. The second-order valence-electron chi connectivity index (χ2n) is 3.89. The molecule has 0 radical (unpaired) electrons. The van der Waals surface area contributed by atoms with Crippen molar-refractivity contribution < 1.29 is 4.79 Å². The van der Waals surface area contributed by atoms with E-state index in [2.05, 4.69) is 5.32 Å². The van der Waals surface area contributed by atoms with Gasteiger partial charge in [-0.2, -0.15) is 0 Å². The summed E-state index contributed by atoms with van der Waals surface area (Å²) in [6, 6.07) is 7.83. The normalized spacial score (nSPS) is 14.6. The Bertz CT molecular complexity index is 362. The van der Waals surface area contributed by atoms with Gasteiger partial charge >= 0.3 is 0 Å². The average molecular weight is 206 g/mol. The zero-order valence-corrected chi connectivity index (χ0v) is 9.50. The lowest BCUT2D eigenvalue weighted by Gasteiger charge is -2.27. The fraction of sp³-hybridized carbons (Fsp3) is 0.417. The van der Waals surface area contributed by atoms with Crippen molar-refractivity contribution in [2.75, 3.05) is 6.54 Å². The lowest BCUT2D eigenvalue weighted by atomic mass is 9.90. The number of amides is 1. The lowest BCUT2D eigenvalue weighted by Crippen LogP contribution is -2.50. The molecular weight excluding hydrogens is 188 g/mol. The smallest absolute Gasteiger partial charge is 0.242 e. The van der Waals surface area contributed by atoms with Gasteiger partial charge in [0.2, 0.25) is 5.91 Å². The summed E-state index contributed by atoms with van der Waals surface area (Å²) in [5.74, 6) is -0.352. The van der Waals surface area contributed by atoms with E-state index in [0.29, 0.717) is 6.54 Å². The Morgan fingerprint density at radius 3 is 2.67 bits per heavy atom. The molecule has 1 aromatic carbocycles. The maximum absolute atomic E-state index is 11.5. The number of aryl methyl sites for hydroxylation is 1. The van der Waals surface area contributed by atoms with Crippen LogP contribution in [-0.4, -0.2) is 12.5 Å². The van der Waals surface area contributed by atoms with Gasteiger partial charge in [0.1, 0.15) is 5.54 Å². The van der Waals surface area contributed by atoms with Crippen LogP contribution in [-0.2, 0) is 10.3 Å². The zero-order valence-electron chi connectivity index (χ0n) is 9.50. The Morgan fingerprint density at radius 1 is 1.53 bits per heavy atom. The van der Waals surface area contributed by atoms with Crippen LogP contribution in [0.3, 0.4) is 0 Å². The Balaban J connectivity index is 3.15. The molecule has 3 nitrogen and oxygen atoms in total. The van der Waals surface area contributed by atoms with Crippen LogP contribution in [0, 0.1) is 6.92 Å².